The molecule has 0 saturated carbocycles. The van der Waals surface area contributed by atoms with Gasteiger partial charge >= 0.3 is 0 Å². The highest BCUT2D eigenvalue weighted by Crippen LogP contribution is 2.27. The summed E-state index contributed by atoms with van der Waals surface area (Å²) in [6.45, 7) is 5.89. The van der Waals surface area contributed by atoms with E-state index in [0.717, 1.165) is 29.4 Å². The summed E-state index contributed by atoms with van der Waals surface area (Å²) >= 11 is 1.31. The number of amides is 1. The third-order valence-electron chi connectivity index (χ3n) is 4.31. The van der Waals surface area contributed by atoms with Gasteiger partial charge in [-0.2, -0.15) is 0 Å². The van der Waals surface area contributed by atoms with E-state index in [1.807, 2.05) is 38.1 Å². The van der Waals surface area contributed by atoms with Gasteiger partial charge < -0.3 is 15.4 Å². The smallest absolute Gasteiger partial charge is 0.264 e. The first-order valence-corrected chi connectivity index (χ1v) is 8.89. The first kappa shape index (κ1) is 16.9. The van der Waals surface area contributed by atoms with Crippen molar-refractivity contribution in [1.29, 1.82) is 0 Å². The average Bonchev–Trinajstić information content (AvgIpc) is 3.01. The summed E-state index contributed by atoms with van der Waals surface area (Å²) in [5.74, 6) is 0.658. The Balaban J connectivity index is 1.73. The van der Waals surface area contributed by atoms with Gasteiger partial charge in [-0.25, -0.2) is 0 Å². The lowest BCUT2D eigenvalue weighted by Gasteiger charge is -2.36. The number of aromatic nitrogens is 2. The zero-order valence-corrected chi connectivity index (χ0v) is 14.8. The maximum Gasteiger partial charge on any atom is 0.264 e. The van der Waals surface area contributed by atoms with E-state index in [2.05, 4.69) is 20.2 Å². The summed E-state index contributed by atoms with van der Waals surface area (Å²) in [6.07, 6.45) is 1.29. The minimum atomic E-state index is -0.827. The van der Waals surface area contributed by atoms with E-state index in [1.54, 1.807) is 0 Å². The van der Waals surface area contributed by atoms with Crippen molar-refractivity contribution in [3.63, 3.8) is 0 Å². The number of nitrogens with zero attached hydrogens (tertiary/aromatic N) is 2. The Morgan fingerprint density at radius 2 is 2.00 bits per heavy atom. The number of aryl methyl sites for hydroxylation is 2. The second kappa shape index (κ2) is 7.27. The minimum Gasteiger partial charge on any atom is -0.477 e. The number of nitrogens with one attached hydrogen (secondary N) is 2. The molecule has 0 radical (unpaired) electrons. The van der Waals surface area contributed by atoms with Crippen LogP contribution in [0.4, 0.5) is 0 Å². The van der Waals surface area contributed by atoms with E-state index in [0.29, 0.717) is 19.4 Å². The molecule has 1 fully saturated rings. The topological polar surface area (TPSA) is 76.1 Å². The second-order valence-electron chi connectivity index (χ2n) is 6.12. The first-order chi connectivity index (χ1) is 11.6. The molecule has 1 aromatic carbocycles. The number of carbonyl (C=O) groups is 1. The lowest BCUT2D eigenvalue weighted by Crippen LogP contribution is -2.56. The zero-order chi connectivity index (χ0) is 17.0. The Morgan fingerprint density at radius 3 is 2.62 bits per heavy atom. The van der Waals surface area contributed by atoms with Crippen molar-refractivity contribution in [1.82, 2.24) is 20.2 Å². The van der Waals surface area contributed by atoms with E-state index >= 15 is 0 Å². The van der Waals surface area contributed by atoms with Crippen molar-refractivity contribution in [2.24, 2.45) is 0 Å². The van der Waals surface area contributed by atoms with Gasteiger partial charge in [0.05, 0.1) is 17.1 Å². The van der Waals surface area contributed by atoms with Gasteiger partial charge in [0.1, 0.15) is 5.75 Å². The Hall–Kier alpha value is -1.99. The van der Waals surface area contributed by atoms with Gasteiger partial charge in [-0.3, -0.25) is 4.79 Å². The van der Waals surface area contributed by atoms with Crippen LogP contribution in [-0.4, -0.2) is 34.2 Å². The van der Waals surface area contributed by atoms with E-state index in [-0.39, 0.29) is 5.91 Å². The molecule has 128 valence electrons. The van der Waals surface area contributed by atoms with Crippen LogP contribution >= 0.6 is 11.5 Å². The highest BCUT2D eigenvalue weighted by molar-refractivity contribution is 7.05. The molecule has 2 heterocycles. The van der Waals surface area contributed by atoms with E-state index in [4.69, 9.17) is 4.74 Å². The lowest BCUT2D eigenvalue weighted by molar-refractivity contribution is -0.139. The van der Waals surface area contributed by atoms with E-state index < -0.39 is 5.60 Å². The van der Waals surface area contributed by atoms with Crippen molar-refractivity contribution < 1.29 is 9.53 Å². The Labute approximate surface area is 145 Å². The summed E-state index contributed by atoms with van der Waals surface area (Å²) in [6, 6.07) is 7.83. The molecule has 2 N–H and O–H groups in total. The fourth-order valence-electron chi connectivity index (χ4n) is 2.77. The van der Waals surface area contributed by atoms with Crippen molar-refractivity contribution in [3.05, 3.63) is 40.4 Å². The molecular weight excluding hydrogens is 324 g/mol. The van der Waals surface area contributed by atoms with Crippen molar-refractivity contribution >= 4 is 17.4 Å². The van der Waals surface area contributed by atoms with Crippen molar-refractivity contribution in [3.8, 4) is 5.75 Å². The molecule has 24 heavy (non-hydrogen) atoms. The number of piperidine rings is 1. The maximum atomic E-state index is 12.9. The van der Waals surface area contributed by atoms with Crippen LogP contribution < -0.4 is 15.4 Å². The molecule has 0 atom stereocenters. The Kier molecular flexibility index (Phi) is 5.11. The molecule has 1 aromatic heterocycles. The molecule has 0 unspecified atom stereocenters. The van der Waals surface area contributed by atoms with Crippen LogP contribution in [0.5, 0.6) is 5.75 Å². The van der Waals surface area contributed by atoms with Crippen LogP contribution in [0.1, 0.15) is 29.0 Å². The van der Waals surface area contributed by atoms with Gasteiger partial charge in [-0.15, -0.1) is 5.10 Å². The molecule has 1 saturated heterocycles. The number of benzene rings is 1. The standard InChI is InChI=1S/C17H22N4O2S/c1-12-3-5-14(6-4-12)23-17(7-9-18-10-8-17)16(22)19-11-15-13(2)20-21-24-15/h3-6,18H,7-11H2,1-2H3,(H,19,22). The largest absolute Gasteiger partial charge is 0.477 e. The van der Waals surface area contributed by atoms with E-state index in [9.17, 15) is 4.79 Å². The van der Waals surface area contributed by atoms with Crippen molar-refractivity contribution in [2.75, 3.05) is 13.1 Å². The third-order valence-corrected chi connectivity index (χ3v) is 5.14. The number of hydrogen-bond acceptors (Lipinski definition) is 6. The highest BCUT2D eigenvalue weighted by atomic mass is 32.1. The third kappa shape index (κ3) is 3.73. The van der Waals surface area contributed by atoms with Crippen LogP contribution in [0, 0.1) is 13.8 Å². The molecule has 1 aliphatic rings. The summed E-state index contributed by atoms with van der Waals surface area (Å²) in [5, 5.41) is 10.3. The predicted octanol–water partition coefficient (Wildman–Crippen LogP) is 1.97. The molecule has 7 heteroatoms. The molecule has 6 nitrogen and oxygen atoms in total. The first-order valence-electron chi connectivity index (χ1n) is 8.12. The van der Waals surface area contributed by atoms with Crippen LogP contribution in [-0.2, 0) is 11.3 Å². The second-order valence-corrected chi connectivity index (χ2v) is 6.96. The SMILES string of the molecule is Cc1ccc(OC2(C(=O)NCc3snnc3C)CCNCC2)cc1. The molecule has 1 aliphatic heterocycles. The normalized spacial score (nSPS) is 16.6. The molecule has 3 rings (SSSR count). The molecule has 0 spiro atoms. The van der Waals surface area contributed by atoms with Gasteiger partial charge in [0, 0.05) is 12.8 Å². The molecule has 0 bridgehead atoms. The summed E-state index contributed by atoms with van der Waals surface area (Å²) in [7, 11) is 0. The number of rotatable bonds is 5. The van der Waals surface area contributed by atoms with Gasteiger partial charge in [0.2, 0.25) is 0 Å². The van der Waals surface area contributed by atoms with E-state index in [1.165, 1.54) is 17.1 Å². The minimum absolute atomic E-state index is 0.0719. The Morgan fingerprint density at radius 1 is 1.29 bits per heavy atom. The van der Waals surface area contributed by atoms with Gasteiger partial charge in [0.25, 0.3) is 5.91 Å². The van der Waals surface area contributed by atoms with Crippen LogP contribution in [0.15, 0.2) is 24.3 Å². The monoisotopic (exact) mass is 346 g/mol. The van der Waals surface area contributed by atoms with Gasteiger partial charge in [-0.05, 0) is 50.6 Å². The molecule has 0 aliphatic carbocycles. The molecular formula is C17H22N4O2S. The number of carbonyl (C=O) groups excluding carboxylic acids is 1. The highest BCUT2D eigenvalue weighted by Gasteiger charge is 2.42. The molecule has 1 amide bonds. The fourth-order valence-corrected chi connectivity index (χ4v) is 3.34. The zero-order valence-electron chi connectivity index (χ0n) is 14.0. The Bertz CT molecular complexity index is 693. The summed E-state index contributed by atoms with van der Waals surface area (Å²) in [4.78, 5) is 13.9. The van der Waals surface area contributed by atoms with Gasteiger partial charge in [0.15, 0.2) is 5.60 Å². The van der Waals surface area contributed by atoms with Crippen LogP contribution in [0.2, 0.25) is 0 Å². The summed E-state index contributed by atoms with van der Waals surface area (Å²) < 4.78 is 10.1. The number of hydrogen-bond donors (Lipinski definition) is 2. The maximum absolute atomic E-state index is 12.9. The van der Waals surface area contributed by atoms with Crippen LogP contribution in [0.25, 0.3) is 0 Å². The molecule has 2 aromatic rings. The number of ether oxygens (including phenoxy) is 1. The lowest BCUT2D eigenvalue weighted by atomic mass is 9.90. The average molecular weight is 346 g/mol. The van der Waals surface area contributed by atoms with Crippen molar-refractivity contribution in [2.45, 2.75) is 38.8 Å². The van der Waals surface area contributed by atoms with Crippen LogP contribution in [0.3, 0.4) is 0 Å². The quantitative estimate of drug-likeness (QED) is 0.866. The predicted molar refractivity (Wildman–Crippen MR) is 93.1 cm³/mol. The van der Waals surface area contributed by atoms with Gasteiger partial charge in [-0.1, -0.05) is 22.2 Å². The fraction of sp³-hybridized carbons (Fsp3) is 0.471. The summed E-state index contributed by atoms with van der Waals surface area (Å²) in [5.41, 5.74) is 1.20.